The second kappa shape index (κ2) is 5.96. The van der Waals surface area contributed by atoms with Crippen LogP contribution in [0.1, 0.15) is 5.56 Å². The molecule has 19 heavy (non-hydrogen) atoms. The third kappa shape index (κ3) is 3.51. The fourth-order valence-electron chi connectivity index (χ4n) is 1.98. The van der Waals surface area contributed by atoms with Gasteiger partial charge in [-0.15, -0.1) is 0 Å². The maximum Gasteiger partial charge on any atom is 0.334 e. The Hall–Kier alpha value is -1.01. The lowest BCUT2D eigenvalue weighted by atomic mass is 10.1. The highest BCUT2D eigenvalue weighted by Gasteiger charge is 2.26. The number of morpholine rings is 1. The largest absolute Gasteiger partial charge is 0.506 e. The predicted octanol–water partition coefficient (Wildman–Crippen LogP) is 1.98. The molecule has 2 N–H and O–H groups in total. The summed E-state index contributed by atoms with van der Waals surface area (Å²) in [5.41, 5.74) is 0.573. The molecule has 0 aliphatic carbocycles. The molecule has 1 heterocycles. The van der Waals surface area contributed by atoms with Gasteiger partial charge in [-0.25, -0.2) is 4.79 Å². The quantitative estimate of drug-likeness (QED) is 0.893. The van der Waals surface area contributed by atoms with Gasteiger partial charge in [-0.2, -0.15) is 0 Å². The topological polar surface area (TPSA) is 70.0 Å². The zero-order valence-electron chi connectivity index (χ0n) is 9.97. The van der Waals surface area contributed by atoms with E-state index in [1.165, 1.54) is 6.07 Å². The molecule has 1 aliphatic rings. The normalized spacial score (nSPS) is 20.4. The number of hydrogen-bond acceptors (Lipinski definition) is 4. The summed E-state index contributed by atoms with van der Waals surface area (Å²) in [6, 6.07) is 3.08. The van der Waals surface area contributed by atoms with E-state index < -0.39 is 12.1 Å². The summed E-state index contributed by atoms with van der Waals surface area (Å²) >= 11 is 11.7. The molecule has 0 aromatic heterocycles. The van der Waals surface area contributed by atoms with Crippen LogP contribution in [0.15, 0.2) is 12.1 Å². The smallest absolute Gasteiger partial charge is 0.334 e. The van der Waals surface area contributed by atoms with Gasteiger partial charge in [0.25, 0.3) is 0 Å². The lowest BCUT2D eigenvalue weighted by Gasteiger charge is -2.31. The molecule has 0 amide bonds. The Bertz CT molecular complexity index is 495. The third-order valence-corrected chi connectivity index (χ3v) is 3.43. The molecule has 7 heteroatoms. The Kier molecular flexibility index (Phi) is 4.52. The number of hydrogen-bond donors (Lipinski definition) is 2. The van der Waals surface area contributed by atoms with Gasteiger partial charge in [0.1, 0.15) is 5.75 Å². The molecule has 1 aromatic carbocycles. The third-order valence-electron chi connectivity index (χ3n) is 2.93. The first-order valence-corrected chi connectivity index (χ1v) is 6.46. The number of phenolic OH excluding ortho intramolecular Hbond substituents is 1. The van der Waals surface area contributed by atoms with Crippen molar-refractivity contribution in [1.82, 2.24) is 4.90 Å². The van der Waals surface area contributed by atoms with Crippen molar-refractivity contribution in [3.05, 3.63) is 27.7 Å². The lowest BCUT2D eigenvalue weighted by Crippen LogP contribution is -2.45. The number of aromatic hydroxyl groups is 1. The Morgan fingerprint density at radius 2 is 2.21 bits per heavy atom. The van der Waals surface area contributed by atoms with Crippen LogP contribution in [0.4, 0.5) is 0 Å². The van der Waals surface area contributed by atoms with Gasteiger partial charge in [0.15, 0.2) is 6.10 Å². The first kappa shape index (κ1) is 14.4. The minimum Gasteiger partial charge on any atom is -0.506 e. The van der Waals surface area contributed by atoms with Gasteiger partial charge in [-0.1, -0.05) is 23.2 Å². The van der Waals surface area contributed by atoms with Crippen LogP contribution in [-0.2, 0) is 16.1 Å². The highest BCUT2D eigenvalue weighted by Crippen LogP contribution is 2.32. The van der Waals surface area contributed by atoms with Gasteiger partial charge in [-0.05, 0) is 12.1 Å². The van der Waals surface area contributed by atoms with Crippen LogP contribution >= 0.6 is 23.2 Å². The fraction of sp³-hybridized carbons (Fsp3) is 0.417. The Balaban J connectivity index is 2.11. The maximum atomic E-state index is 10.9. The van der Waals surface area contributed by atoms with Crippen LogP contribution in [0.3, 0.4) is 0 Å². The number of rotatable bonds is 3. The summed E-state index contributed by atoms with van der Waals surface area (Å²) in [6.45, 7) is 1.57. The Morgan fingerprint density at radius 3 is 2.89 bits per heavy atom. The van der Waals surface area contributed by atoms with Crippen molar-refractivity contribution >= 4 is 29.2 Å². The zero-order valence-corrected chi connectivity index (χ0v) is 11.5. The number of halogens is 2. The number of ether oxygens (including phenoxy) is 1. The molecule has 1 saturated heterocycles. The molecular weight excluding hydrogens is 293 g/mol. The average Bonchev–Trinajstić information content (AvgIpc) is 2.35. The van der Waals surface area contributed by atoms with E-state index in [1.54, 1.807) is 6.07 Å². The van der Waals surface area contributed by atoms with Gasteiger partial charge in [-0.3, -0.25) is 4.90 Å². The highest BCUT2D eigenvalue weighted by atomic mass is 35.5. The summed E-state index contributed by atoms with van der Waals surface area (Å²) < 4.78 is 5.13. The van der Waals surface area contributed by atoms with Crippen molar-refractivity contribution in [2.75, 3.05) is 19.7 Å². The van der Waals surface area contributed by atoms with E-state index in [2.05, 4.69) is 0 Å². The van der Waals surface area contributed by atoms with E-state index in [1.807, 2.05) is 4.90 Å². The summed E-state index contributed by atoms with van der Waals surface area (Å²) in [5.74, 6) is -1.01. The zero-order chi connectivity index (χ0) is 14.0. The minimum absolute atomic E-state index is 0.0237. The molecule has 0 radical (unpaired) electrons. The number of nitrogens with zero attached hydrogens (tertiary/aromatic N) is 1. The van der Waals surface area contributed by atoms with Crippen molar-refractivity contribution in [3.8, 4) is 5.75 Å². The fourth-order valence-corrected chi connectivity index (χ4v) is 2.51. The molecule has 1 unspecified atom stereocenters. The van der Waals surface area contributed by atoms with E-state index in [-0.39, 0.29) is 17.3 Å². The van der Waals surface area contributed by atoms with Crippen molar-refractivity contribution in [2.24, 2.45) is 0 Å². The first-order chi connectivity index (χ1) is 8.97. The minimum atomic E-state index is -0.988. The number of carboxylic acids is 1. The Labute approximate surface area is 120 Å². The van der Waals surface area contributed by atoms with Crippen LogP contribution in [0.5, 0.6) is 5.75 Å². The number of phenols is 1. The summed E-state index contributed by atoms with van der Waals surface area (Å²) in [4.78, 5) is 12.8. The van der Waals surface area contributed by atoms with Gasteiger partial charge in [0.05, 0.1) is 11.6 Å². The molecule has 1 fully saturated rings. The van der Waals surface area contributed by atoms with E-state index in [9.17, 15) is 9.90 Å². The van der Waals surface area contributed by atoms with Crippen molar-refractivity contribution < 1.29 is 19.7 Å². The molecule has 0 saturated carbocycles. The average molecular weight is 306 g/mol. The van der Waals surface area contributed by atoms with Crippen molar-refractivity contribution in [2.45, 2.75) is 12.6 Å². The molecule has 0 spiro atoms. The molecule has 104 valence electrons. The second-order valence-corrected chi connectivity index (χ2v) is 5.17. The van der Waals surface area contributed by atoms with Gasteiger partial charge in [0, 0.05) is 30.2 Å². The van der Waals surface area contributed by atoms with E-state index in [0.717, 1.165) is 0 Å². The van der Waals surface area contributed by atoms with Gasteiger partial charge >= 0.3 is 5.97 Å². The molecule has 5 nitrogen and oxygen atoms in total. The number of aliphatic carboxylic acids is 1. The number of carboxylic acid groups (broad SMARTS) is 1. The van der Waals surface area contributed by atoms with Crippen LogP contribution in [0, 0.1) is 0 Å². The molecule has 1 atom stereocenters. The monoisotopic (exact) mass is 305 g/mol. The van der Waals surface area contributed by atoms with Gasteiger partial charge in [0.2, 0.25) is 0 Å². The van der Waals surface area contributed by atoms with Crippen molar-refractivity contribution in [3.63, 3.8) is 0 Å². The predicted molar refractivity (Wildman–Crippen MR) is 70.8 cm³/mol. The maximum absolute atomic E-state index is 10.9. The first-order valence-electron chi connectivity index (χ1n) is 5.71. The summed E-state index contributed by atoms with van der Waals surface area (Å²) in [6.07, 6.45) is -0.842. The Morgan fingerprint density at radius 1 is 1.47 bits per heavy atom. The van der Waals surface area contributed by atoms with Gasteiger partial charge < -0.3 is 14.9 Å². The molecular formula is C12H13Cl2NO4. The summed E-state index contributed by atoms with van der Waals surface area (Å²) in [5, 5.41) is 19.4. The highest BCUT2D eigenvalue weighted by molar-refractivity contribution is 6.35. The van der Waals surface area contributed by atoms with E-state index in [0.29, 0.717) is 30.3 Å². The van der Waals surface area contributed by atoms with Crippen LogP contribution < -0.4 is 0 Å². The van der Waals surface area contributed by atoms with Crippen LogP contribution in [0.25, 0.3) is 0 Å². The standard InChI is InChI=1S/C12H13Cl2NO4/c13-8-3-7(11(16)9(14)4-8)5-15-1-2-19-10(6-15)12(17)18/h3-4,10,16H,1-2,5-6H2,(H,17,18). The molecule has 0 bridgehead atoms. The van der Waals surface area contributed by atoms with Crippen LogP contribution in [-0.4, -0.2) is 46.9 Å². The molecule has 1 aromatic rings. The molecule has 2 rings (SSSR count). The number of benzene rings is 1. The summed E-state index contributed by atoms with van der Waals surface area (Å²) in [7, 11) is 0. The van der Waals surface area contributed by atoms with E-state index in [4.69, 9.17) is 33.0 Å². The van der Waals surface area contributed by atoms with Crippen molar-refractivity contribution in [1.29, 1.82) is 0 Å². The second-order valence-electron chi connectivity index (χ2n) is 4.33. The SMILES string of the molecule is O=C(O)C1CN(Cc2cc(Cl)cc(Cl)c2O)CCO1. The lowest BCUT2D eigenvalue weighted by molar-refractivity contribution is -0.156. The van der Waals surface area contributed by atoms with E-state index >= 15 is 0 Å². The number of carbonyl (C=O) groups is 1. The van der Waals surface area contributed by atoms with Crippen LogP contribution in [0.2, 0.25) is 10.0 Å². The molecule has 1 aliphatic heterocycles.